The second-order valence-electron chi connectivity index (χ2n) is 5.97. The third kappa shape index (κ3) is 5.77. The normalized spacial score (nSPS) is 11.0. The van der Waals surface area contributed by atoms with Crippen LogP contribution < -0.4 is 14.4 Å². The van der Waals surface area contributed by atoms with Gasteiger partial charge in [0.05, 0.1) is 11.9 Å². The molecule has 1 amide bonds. The molecule has 2 rings (SSSR count). The third-order valence-corrected chi connectivity index (χ3v) is 5.06. The van der Waals surface area contributed by atoms with E-state index >= 15 is 0 Å². The minimum absolute atomic E-state index is 0.102. The van der Waals surface area contributed by atoms with Crippen LogP contribution in [-0.2, 0) is 21.4 Å². The quantitative estimate of drug-likeness (QED) is 0.768. The number of carbonyl (C=O) groups is 1. The molecule has 0 aromatic heterocycles. The van der Waals surface area contributed by atoms with Gasteiger partial charge in [0.2, 0.25) is 10.0 Å². The van der Waals surface area contributed by atoms with Crippen LogP contribution in [0.3, 0.4) is 0 Å². The maximum atomic E-state index is 11.9. The Morgan fingerprint density at radius 2 is 1.69 bits per heavy atom. The number of nitrogens with one attached hydrogen (secondary N) is 1. The van der Waals surface area contributed by atoms with Crippen LogP contribution in [0.15, 0.2) is 48.5 Å². The molecule has 2 aromatic rings. The molecule has 0 saturated heterocycles. The van der Waals surface area contributed by atoms with Crippen LogP contribution in [0, 0.1) is 6.92 Å². The van der Waals surface area contributed by atoms with Gasteiger partial charge in [-0.2, -0.15) is 0 Å². The molecule has 26 heavy (non-hydrogen) atoms. The lowest BCUT2D eigenvalue weighted by Crippen LogP contribution is -2.29. The van der Waals surface area contributed by atoms with Crippen LogP contribution >= 0.6 is 0 Å². The van der Waals surface area contributed by atoms with Gasteiger partial charge in [-0.1, -0.05) is 29.8 Å². The lowest BCUT2D eigenvalue weighted by molar-refractivity contribution is -0.123. The van der Waals surface area contributed by atoms with E-state index in [4.69, 9.17) is 4.74 Å². The lowest BCUT2D eigenvalue weighted by atomic mass is 10.1. The van der Waals surface area contributed by atoms with Crippen LogP contribution in [0.1, 0.15) is 18.1 Å². The number of benzene rings is 2. The predicted molar refractivity (Wildman–Crippen MR) is 103 cm³/mol. The van der Waals surface area contributed by atoms with E-state index in [9.17, 15) is 13.2 Å². The number of nitrogens with zero attached hydrogens (tertiary/aromatic N) is 1. The fourth-order valence-electron chi connectivity index (χ4n) is 2.42. The van der Waals surface area contributed by atoms with Gasteiger partial charge < -0.3 is 10.1 Å². The zero-order valence-corrected chi connectivity index (χ0v) is 16.0. The lowest BCUT2D eigenvalue weighted by Gasteiger charge is -2.20. The fourth-order valence-corrected chi connectivity index (χ4v) is 3.40. The van der Waals surface area contributed by atoms with Crippen molar-refractivity contribution < 1.29 is 17.9 Å². The van der Waals surface area contributed by atoms with Crippen molar-refractivity contribution in [2.45, 2.75) is 20.4 Å². The summed E-state index contributed by atoms with van der Waals surface area (Å²) >= 11 is 0. The predicted octanol–water partition coefficient (Wildman–Crippen LogP) is 2.48. The van der Waals surface area contributed by atoms with E-state index in [0.717, 1.165) is 5.56 Å². The number of carbonyl (C=O) groups excluding carboxylic acids is 1. The van der Waals surface area contributed by atoms with E-state index < -0.39 is 10.0 Å². The Hall–Kier alpha value is -2.54. The van der Waals surface area contributed by atoms with Gasteiger partial charge in [0.25, 0.3) is 5.91 Å². The van der Waals surface area contributed by atoms with Crippen LogP contribution in [0.25, 0.3) is 0 Å². The number of hydrogen-bond acceptors (Lipinski definition) is 4. The zero-order chi connectivity index (χ0) is 19.2. The van der Waals surface area contributed by atoms with E-state index in [1.807, 2.05) is 31.2 Å². The molecule has 0 aliphatic heterocycles. The molecule has 0 saturated carbocycles. The molecular weight excluding hydrogens is 352 g/mol. The maximum absolute atomic E-state index is 11.9. The van der Waals surface area contributed by atoms with Gasteiger partial charge in [-0.15, -0.1) is 0 Å². The van der Waals surface area contributed by atoms with Gasteiger partial charge in [0.1, 0.15) is 5.75 Å². The van der Waals surface area contributed by atoms with Gasteiger partial charge in [-0.3, -0.25) is 9.10 Å². The minimum Gasteiger partial charge on any atom is -0.484 e. The zero-order valence-electron chi connectivity index (χ0n) is 15.2. The first-order valence-corrected chi connectivity index (χ1v) is 10.2. The molecule has 0 heterocycles. The van der Waals surface area contributed by atoms with Crippen molar-refractivity contribution in [2.75, 3.05) is 23.7 Å². The molecule has 0 atom stereocenters. The summed E-state index contributed by atoms with van der Waals surface area (Å²) in [6.07, 6.45) is 1.17. The third-order valence-electron chi connectivity index (χ3n) is 3.79. The van der Waals surface area contributed by atoms with Crippen LogP contribution in [0.2, 0.25) is 0 Å². The molecule has 1 N–H and O–H groups in total. The Morgan fingerprint density at radius 1 is 1.08 bits per heavy atom. The highest BCUT2D eigenvalue weighted by molar-refractivity contribution is 7.92. The molecule has 0 radical (unpaired) electrons. The summed E-state index contributed by atoms with van der Waals surface area (Å²) in [7, 11) is -3.31. The minimum atomic E-state index is -3.31. The number of rotatable bonds is 8. The van der Waals surface area contributed by atoms with Crippen molar-refractivity contribution in [3.63, 3.8) is 0 Å². The molecule has 0 aliphatic rings. The molecule has 0 unspecified atom stereocenters. The summed E-state index contributed by atoms with van der Waals surface area (Å²) < 4.78 is 30.2. The van der Waals surface area contributed by atoms with Gasteiger partial charge in [0.15, 0.2) is 6.61 Å². The SMILES string of the molecule is CCN(c1ccc(OCC(=O)NCc2ccc(C)cc2)cc1)S(C)(=O)=O. The molecule has 2 aromatic carbocycles. The molecule has 0 spiro atoms. The van der Waals surface area contributed by atoms with Crippen molar-refractivity contribution in [1.29, 1.82) is 0 Å². The summed E-state index contributed by atoms with van der Waals surface area (Å²) in [5.41, 5.74) is 2.75. The highest BCUT2D eigenvalue weighted by Gasteiger charge is 2.15. The first-order valence-electron chi connectivity index (χ1n) is 8.32. The standard InChI is InChI=1S/C19H24N2O4S/c1-4-21(26(3,23)24)17-9-11-18(12-10-17)25-14-19(22)20-13-16-7-5-15(2)6-8-16/h5-12H,4,13-14H2,1-3H3,(H,20,22). The molecule has 0 aliphatic carbocycles. The molecule has 7 heteroatoms. The fraction of sp³-hybridized carbons (Fsp3) is 0.316. The van der Waals surface area contributed by atoms with Crippen LogP contribution in [0.4, 0.5) is 5.69 Å². The highest BCUT2D eigenvalue weighted by atomic mass is 32.2. The van der Waals surface area contributed by atoms with Crippen LogP contribution in [0.5, 0.6) is 5.75 Å². The second-order valence-corrected chi connectivity index (χ2v) is 7.88. The molecule has 140 valence electrons. The van der Waals surface area contributed by atoms with Gasteiger partial charge in [0, 0.05) is 13.1 Å². The van der Waals surface area contributed by atoms with Gasteiger partial charge >= 0.3 is 0 Å². The first-order chi connectivity index (χ1) is 12.3. The van der Waals surface area contributed by atoms with E-state index in [1.54, 1.807) is 31.2 Å². The Labute approximate surface area is 154 Å². The number of aryl methyl sites for hydroxylation is 1. The number of hydrogen-bond donors (Lipinski definition) is 1. The molecule has 6 nitrogen and oxygen atoms in total. The molecular formula is C19H24N2O4S. The summed E-state index contributed by atoms with van der Waals surface area (Å²) in [5.74, 6) is 0.282. The van der Waals surface area contributed by atoms with E-state index in [2.05, 4.69) is 5.32 Å². The Bertz CT molecular complexity index is 831. The summed E-state index contributed by atoms with van der Waals surface area (Å²) in [5, 5.41) is 2.80. The monoisotopic (exact) mass is 376 g/mol. The van der Waals surface area contributed by atoms with Gasteiger partial charge in [-0.25, -0.2) is 8.42 Å². The molecule has 0 fully saturated rings. The van der Waals surface area contributed by atoms with E-state index in [0.29, 0.717) is 24.5 Å². The van der Waals surface area contributed by atoms with Crippen LogP contribution in [-0.4, -0.2) is 33.7 Å². The topological polar surface area (TPSA) is 75.7 Å². The summed E-state index contributed by atoms with van der Waals surface area (Å²) in [6.45, 7) is 4.47. The van der Waals surface area contributed by atoms with Crippen molar-refractivity contribution in [3.05, 3.63) is 59.7 Å². The number of anilines is 1. The largest absolute Gasteiger partial charge is 0.484 e. The Kier molecular flexibility index (Phi) is 6.63. The van der Waals surface area contributed by atoms with Crippen molar-refractivity contribution in [1.82, 2.24) is 5.32 Å². The smallest absolute Gasteiger partial charge is 0.258 e. The number of amides is 1. The van der Waals surface area contributed by atoms with Crippen molar-refractivity contribution in [3.8, 4) is 5.75 Å². The average Bonchev–Trinajstić information content (AvgIpc) is 2.60. The summed E-state index contributed by atoms with van der Waals surface area (Å²) in [6, 6.07) is 14.5. The summed E-state index contributed by atoms with van der Waals surface area (Å²) in [4.78, 5) is 11.9. The number of ether oxygens (including phenoxy) is 1. The Balaban J connectivity index is 1.85. The number of sulfonamides is 1. The van der Waals surface area contributed by atoms with E-state index in [-0.39, 0.29) is 12.5 Å². The maximum Gasteiger partial charge on any atom is 0.258 e. The highest BCUT2D eigenvalue weighted by Crippen LogP contribution is 2.21. The average molecular weight is 376 g/mol. The first kappa shape index (κ1) is 19.8. The van der Waals surface area contributed by atoms with Crippen molar-refractivity contribution >= 4 is 21.6 Å². The van der Waals surface area contributed by atoms with Gasteiger partial charge in [-0.05, 0) is 43.7 Å². The molecule has 0 bridgehead atoms. The second kappa shape index (κ2) is 8.71. The van der Waals surface area contributed by atoms with E-state index in [1.165, 1.54) is 16.1 Å². The van der Waals surface area contributed by atoms with Crippen molar-refractivity contribution in [2.24, 2.45) is 0 Å². The Morgan fingerprint density at radius 3 is 2.23 bits per heavy atom.